The van der Waals surface area contributed by atoms with Crippen LogP contribution in [0.1, 0.15) is 12.0 Å². The Kier molecular flexibility index (Phi) is 6.41. The molecule has 7 heteroatoms. The van der Waals surface area contributed by atoms with E-state index in [1.54, 1.807) is 25.1 Å². The minimum Gasteiger partial charge on any atom is -0.396 e. The van der Waals surface area contributed by atoms with E-state index in [1.165, 1.54) is 7.11 Å². The number of methoxy groups -OCH3 is 1. The molecule has 0 bridgehead atoms. The highest BCUT2D eigenvalue weighted by atomic mass is 79.9. The van der Waals surface area contributed by atoms with Crippen LogP contribution in [0.4, 0.5) is 0 Å². The zero-order chi connectivity index (χ0) is 14.5. The van der Waals surface area contributed by atoms with Crippen molar-refractivity contribution in [3.05, 3.63) is 28.2 Å². The predicted octanol–water partition coefficient (Wildman–Crippen LogP) is 1.43. The van der Waals surface area contributed by atoms with E-state index in [4.69, 9.17) is 9.84 Å². The van der Waals surface area contributed by atoms with Crippen molar-refractivity contribution in [3.8, 4) is 0 Å². The fourth-order valence-corrected chi connectivity index (χ4v) is 3.72. The van der Waals surface area contributed by atoms with Crippen molar-refractivity contribution < 1.29 is 18.3 Å². The van der Waals surface area contributed by atoms with Crippen molar-refractivity contribution in [2.45, 2.75) is 24.3 Å². The van der Waals surface area contributed by atoms with Crippen LogP contribution in [-0.4, -0.2) is 39.9 Å². The maximum Gasteiger partial charge on any atom is 0.241 e. The highest BCUT2D eigenvalue weighted by molar-refractivity contribution is 9.10. The second-order valence-corrected chi connectivity index (χ2v) is 6.79. The lowest BCUT2D eigenvalue weighted by atomic mass is 10.2. The number of hydrogen-bond donors (Lipinski definition) is 2. The van der Waals surface area contributed by atoms with E-state index < -0.39 is 16.1 Å². The standard InChI is InChI=1S/C12H18BrNO4S/c1-9-3-4-10(13)7-12(9)19(16,17)14-11(5-6-15)8-18-2/h3-4,7,11,14-15H,5-6,8H2,1-2H3. The molecule has 2 N–H and O–H groups in total. The van der Waals surface area contributed by atoms with E-state index in [-0.39, 0.29) is 18.1 Å². The van der Waals surface area contributed by atoms with E-state index in [2.05, 4.69) is 20.7 Å². The number of aliphatic hydroxyl groups is 1. The van der Waals surface area contributed by atoms with Crippen LogP contribution < -0.4 is 4.72 Å². The number of ether oxygens (including phenoxy) is 1. The van der Waals surface area contributed by atoms with Gasteiger partial charge in [-0.15, -0.1) is 0 Å². The van der Waals surface area contributed by atoms with Crippen molar-refractivity contribution >= 4 is 26.0 Å². The summed E-state index contributed by atoms with van der Waals surface area (Å²) in [5, 5.41) is 8.93. The van der Waals surface area contributed by atoms with Crippen LogP contribution in [0.3, 0.4) is 0 Å². The normalized spacial score (nSPS) is 13.5. The van der Waals surface area contributed by atoms with Crippen LogP contribution in [0.5, 0.6) is 0 Å². The Hall–Kier alpha value is -0.470. The van der Waals surface area contributed by atoms with Gasteiger partial charge in [-0.05, 0) is 31.0 Å². The highest BCUT2D eigenvalue weighted by Gasteiger charge is 2.21. The first-order chi connectivity index (χ1) is 8.90. The van der Waals surface area contributed by atoms with E-state index in [0.29, 0.717) is 16.5 Å². The van der Waals surface area contributed by atoms with Gasteiger partial charge >= 0.3 is 0 Å². The number of rotatable bonds is 7. The third-order valence-corrected chi connectivity index (χ3v) is 4.76. The number of sulfonamides is 1. The summed E-state index contributed by atoms with van der Waals surface area (Å²) in [5.74, 6) is 0. The molecule has 0 aliphatic rings. The van der Waals surface area contributed by atoms with Crippen molar-refractivity contribution in [1.29, 1.82) is 0 Å². The largest absolute Gasteiger partial charge is 0.396 e. The molecule has 0 fully saturated rings. The lowest BCUT2D eigenvalue weighted by molar-refractivity contribution is 0.158. The number of nitrogens with one attached hydrogen (secondary N) is 1. The topological polar surface area (TPSA) is 75.6 Å². The van der Waals surface area contributed by atoms with E-state index in [1.807, 2.05) is 0 Å². The number of halogens is 1. The van der Waals surface area contributed by atoms with Gasteiger partial charge < -0.3 is 9.84 Å². The maximum absolute atomic E-state index is 12.3. The number of aliphatic hydroxyl groups excluding tert-OH is 1. The van der Waals surface area contributed by atoms with Gasteiger partial charge in [0.2, 0.25) is 10.0 Å². The molecule has 108 valence electrons. The summed E-state index contributed by atoms with van der Waals surface area (Å²) in [6, 6.07) is 4.63. The van der Waals surface area contributed by atoms with Gasteiger partial charge in [0.1, 0.15) is 0 Å². The second-order valence-electron chi connectivity index (χ2n) is 4.20. The van der Waals surface area contributed by atoms with E-state index in [0.717, 1.165) is 0 Å². The molecule has 1 rings (SSSR count). The summed E-state index contributed by atoms with van der Waals surface area (Å²) in [6.07, 6.45) is 0.306. The molecule has 0 saturated heterocycles. The second kappa shape index (κ2) is 7.35. The van der Waals surface area contributed by atoms with Gasteiger partial charge in [-0.3, -0.25) is 0 Å². The van der Waals surface area contributed by atoms with Gasteiger partial charge in [-0.2, -0.15) is 0 Å². The van der Waals surface area contributed by atoms with E-state index >= 15 is 0 Å². The van der Waals surface area contributed by atoms with Crippen LogP contribution in [-0.2, 0) is 14.8 Å². The van der Waals surface area contributed by atoms with Gasteiger partial charge in [-0.1, -0.05) is 22.0 Å². The van der Waals surface area contributed by atoms with Crippen molar-refractivity contribution in [1.82, 2.24) is 4.72 Å². The highest BCUT2D eigenvalue weighted by Crippen LogP contribution is 2.20. The molecule has 0 spiro atoms. The average Bonchev–Trinajstić information content (AvgIpc) is 2.32. The molecule has 0 aliphatic heterocycles. The summed E-state index contributed by atoms with van der Waals surface area (Å²) in [7, 11) is -2.14. The Bertz CT molecular complexity index is 512. The fourth-order valence-electron chi connectivity index (χ4n) is 1.68. The minimum absolute atomic E-state index is 0.103. The van der Waals surface area contributed by atoms with Crippen molar-refractivity contribution in [3.63, 3.8) is 0 Å². The molecule has 0 amide bonds. The third-order valence-electron chi connectivity index (χ3n) is 2.61. The first-order valence-electron chi connectivity index (χ1n) is 5.79. The molecule has 0 aliphatic carbocycles. The average molecular weight is 352 g/mol. The summed E-state index contributed by atoms with van der Waals surface area (Å²) in [5.41, 5.74) is 0.663. The number of hydrogen-bond acceptors (Lipinski definition) is 4. The Morgan fingerprint density at radius 1 is 1.47 bits per heavy atom. The van der Waals surface area contributed by atoms with Crippen LogP contribution in [0.25, 0.3) is 0 Å². The first kappa shape index (κ1) is 16.6. The Labute approximate surface area is 122 Å². The van der Waals surface area contributed by atoms with Gasteiger partial charge in [0, 0.05) is 24.2 Å². The Balaban J connectivity index is 2.99. The quantitative estimate of drug-likeness (QED) is 0.779. The van der Waals surface area contributed by atoms with Crippen LogP contribution in [0.15, 0.2) is 27.6 Å². The lowest BCUT2D eigenvalue weighted by Crippen LogP contribution is -2.38. The van der Waals surface area contributed by atoms with Crippen molar-refractivity contribution in [2.75, 3.05) is 20.3 Å². The molecule has 19 heavy (non-hydrogen) atoms. The summed E-state index contributed by atoms with van der Waals surface area (Å²) in [6.45, 7) is 1.85. The SMILES string of the molecule is COCC(CCO)NS(=O)(=O)c1cc(Br)ccc1C. The van der Waals surface area contributed by atoms with Gasteiger partial charge in [0.15, 0.2) is 0 Å². The van der Waals surface area contributed by atoms with Crippen LogP contribution in [0, 0.1) is 6.92 Å². The first-order valence-corrected chi connectivity index (χ1v) is 8.06. The van der Waals surface area contributed by atoms with Gasteiger partial charge in [-0.25, -0.2) is 13.1 Å². The molecular weight excluding hydrogens is 334 g/mol. The monoisotopic (exact) mass is 351 g/mol. The van der Waals surface area contributed by atoms with Gasteiger partial charge in [0.25, 0.3) is 0 Å². The molecule has 5 nitrogen and oxygen atoms in total. The molecule has 1 unspecified atom stereocenters. The Morgan fingerprint density at radius 3 is 2.74 bits per heavy atom. The molecule has 0 heterocycles. The summed E-state index contributed by atoms with van der Waals surface area (Å²) < 4.78 is 32.8. The van der Waals surface area contributed by atoms with Crippen LogP contribution >= 0.6 is 15.9 Å². The number of aryl methyl sites for hydroxylation is 1. The molecule has 0 radical (unpaired) electrons. The summed E-state index contributed by atoms with van der Waals surface area (Å²) in [4.78, 5) is 0.223. The minimum atomic E-state index is -3.63. The molecule has 1 aromatic carbocycles. The molecule has 0 saturated carbocycles. The number of benzene rings is 1. The van der Waals surface area contributed by atoms with E-state index in [9.17, 15) is 8.42 Å². The molecule has 1 atom stereocenters. The lowest BCUT2D eigenvalue weighted by Gasteiger charge is -2.18. The molecule has 0 aromatic heterocycles. The smallest absolute Gasteiger partial charge is 0.241 e. The van der Waals surface area contributed by atoms with Gasteiger partial charge in [0.05, 0.1) is 11.5 Å². The zero-order valence-corrected chi connectivity index (χ0v) is 13.3. The summed E-state index contributed by atoms with van der Waals surface area (Å²) >= 11 is 3.26. The fraction of sp³-hybridized carbons (Fsp3) is 0.500. The predicted molar refractivity (Wildman–Crippen MR) is 76.6 cm³/mol. The molecule has 1 aromatic rings. The Morgan fingerprint density at radius 2 is 2.16 bits per heavy atom. The zero-order valence-electron chi connectivity index (χ0n) is 10.9. The molecular formula is C12H18BrNO4S. The van der Waals surface area contributed by atoms with Crippen LogP contribution in [0.2, 0.25) is 0 Å². The maximum atomic E-state index is 12.3. The third kappa shape index (κ3) is 4.85. The van der Waals surface area contributed by atoms with Crippen molar-refractivity contribution in [2.24, 2.45) is 0 Å².